The molecule has 1 N–H and O–H groups in total. The van der Waals surface area contributed by atoms with Gasteiger partial charge in [0.15, 0.2) is 0 Å². The third-order valence-electron chi connectivity index (χ3n) is 2.72. The molecule has 0 aliphatic rings. The second kappa shape index (κ2) is 6.77. The van der Waals surface area contributed by atoms with Gasteiger partial charge in [-0.25, -0.2) is 9.37 Å². The Bertz CT molecular complexity index is 597. The molecule has 0 fully saturated rings. The van der Waals surface area contributed by atoms with Crippen molar-refractivity contribution in [3.63, 3.8) is 0 Å². The van der Waals surface area contributed by atoms with E-state index in [0.717, 1.165) is 11.9 Å². The van der Waals surface area contributed by atoms with Crippen LogP contribution in [-0.4, -0.2) is 28.8 Å². The Labute approximate surface area is 116 Å². The first-order chi connectivity index (χ1) is 9.74. The molecule has 5 heteroatoms. The highest BCUT2D eigenvalue weighted by Crippen LogP contribution is 2.24. The zero-order chi connectivity index (χ0) is 14.4. The van der Waals surface area contributed by atoms with Crippen LogP contribution in [0, 0.1) is 5.82 Å². The van der Waals surface area contributed by atoms with E-state index in [4.69, 9.17) is 9.84 Å². The highest BCUT2D eigenvalue weighted by atomic mass is 19.1. The van der Waals surface area contributed by atoms with Crippen LogP contribution in [0.4, 0.5) is 4.39 Å². The molecule has 0 spiro atoms. The average molecular weight is 274 g/mol. The molecule has 4 nitrogen and oxygen atoms in total. The van der Waals surface area contributed by atoms with Gasteiger partial charge in [-0.3, -0.25) is 4.98 Å². The molecular formula is C15H15FN2O2. The average Bonchev–Trinajstić information content (AvgIpc) is 2.49. The third kappa shape index (κ3) is 3.39. The highest BCUT2D eigenvalue weighted by Gasteiger charge is 2.08. The molecule has 0 aromatic carbocycles. The molecule has 2 rings (SSSR count). The molecule has 0 unspecified atom stereocenters. The van der Waals surface area contributed by atoms with E-state index in [-0.39, 0.29) is 6.61 Å². The molecular weight excluding hydrogens is 259 g/mol. The van der Waals surface area contributed by atoms with Crippen LogP contribution in [0.1, 0.15) is 12.1 Å². The molecule has 104 valence electrons. The second-order valence-electron chi connectivity index (χ2n) is 4.09. The second-order valence-corrected chi connectivity index (χ2v) is 4.09. The van der Waals surface area contributed by atoms with E-state index >= 15 is 0 Å². The highest BCUT2D eigenvalue weighted by molar-refractivity contribution is 5.65. The van der Waals surface area contributed by atoms with E-state index in [1.165, 1.54) is 13.2 Å². The number of pyridine rings is 2. The summed E-state index contributed by atoms with van der Waals surface area (Å²) in [6, 6.07) is 5.10. The normalized spacial score (nSPS) is 10.9. The lowest BCUT2D eigenvalue weighted by molar-refractivity contribution is 0.303. The minimum absolute atomic E-state index is 0.108. The maximum absolute atomic E-state index is 13.8. The maximum Gasteiger partial charge on any atom is 0.213 e. The number of nitrogens with zero attached hydrogens (tertiary/aromatic N) is 2. The number of hydrogen-bond donors (Lipinski definition) is 1. The Kier molecular flexibility index (Phi) is 4.79. The predicted molar refractivity (Wildman–Crippen MR) is 74.7 cm³/mol. The summed E-state index contributed by atoms with van der Waals surface area (Å²) in [4.78, 5) is 8.03. The molecule has 2 aromatic rings. The van der Waals surface area contributed by atoms with Gasteiger partial charge in [-0.15, -0.1) is 0 Å². The van der Waals surface area contributed by atoms with Crippen LogP contribution in [0.25, 0.3) is 17.2 Å². The number of aromatic nitrogens is 2. The minimum Gasteiger partial charge on any atom is -0.481 e. The fraction of sp³-hybridized carbons (Fsp3) is 0.200. The molecule has 0 amide bonds. The van der Waals surface area contributed by atoms with Crippen LogP contribution in [-0.2, 0) is 0 Å². The summed E-state index contributed by atoms with van der Waals surface area (Å²) in [7, 11) is 1.48. The van der Waals surface area contributed by atoms with Crippen molar-refractivity contribution in [2.45, 2.75) is 6.42 Å². The van der Waals surface area contributed by atoms with Crippen LogP contribution in [0.15, 0.2) is 36.7 Å². The Morgan fingerprint density at radius 2 is 2.15 bits per heavy atom. The Hall–Kier alpha value is -2.27. The van der Waals surface area contributed by atoms with E-state index in [1.54, 1.807) is 18.3 Å². The standard InChI is InChI=1S/C15H15FN2O2/c1-20-15-8-13(14(16)10-18-15)11-5-6-12(17-9-11)4-2-3-7-19/h2,4-6,8-10,19H,3,7H2,1H3. The summed E-state index contributed by atoms with van der Waals surface area (Å²) in [5, 5.41) is 8.69. The summed E-state index contributed by atoms with van der Waals surface area (Å²) < 4.78 is 18.7. The zero-order valence-electron chi connectivity index (χ0n) is 11.1. The predicted octanol–water partition coefficient (Wildman–Crippen LogP) is 2.69. The van der Waals surface area contributed by atoms with Crippen molar-refractivity contribution < 1.29 is 14.2 Å². The van der Waals surface area contributed by atoms with Crippen LogP contribution in [0.5, 0.6) is 5.88 Å². The van der Waals surface area contributed by atoms with Gasteiger partial charge in [-0.1, -0.05) is 12.1 Å². The first-order valence-electron chi connectivity index (χ1n) is 6.18. The number of halogens is 1. The van der Waals surface area contributed by atoms with Crippen LogP contribution in [0.3, 0.4) is 0 Å². The van der Waals surface area contributed by atoms with Gasteiger partial charge in [0.2, 0.25) is 5.88 Å². The summed E-state index contributed by atoms with van der Waals surface area (Å²) >= 11 is 0. The lowest BCUT2D eigenvalue weighted by Crippen LogP contribution is -1.92. The summed E-state index contributed by atoms with van der Waals surface area (Å²) in [6.45, 7) is 0.108. The fourth-order valence-corrected chi connectivity index (χ4v) is 1.69. The van der Waals surface area contributed by atoms with E-state index in [1.807, 2.05) is 12.2 Å². The third-order valence-corrected chi connectivity index (χ3v) is 2.72. The van der Waals surface area contributed by atoms with E-state index < -0.39 is 5.82 Å². The number of rotatable bonds is 5. The Morgan fingerprint density at radius 1 is 1.30 bits per heavy atom. The summed E-state index contributed by atoms with van der Waals surface area (Å²) in [6.07, 6.45) is 6.95. The maximum atomic E-state index is 13.8. The molecule has 0 bridgehead atoms. The van der Waals surface area contributed by atoms with Crippen LogP contribution >= 0.6 is 0 Å². The Morgan fingerprint density at radius 3 is 2.80 bits per heavy atom. The van der Waals surface area contributed by atoms with E-state index in [0.29, 0.717) is 23.4 Å². The molecule has 0 radical (unpaired) electrons. The molecule has 0 aliphatic carbocycles. The lowest BCUT2D eigenvalue weighted by Gasteiger charge is -2.05. The van der Waals surface area contributed by atoms with Crippen molar-refractivity contribution in [3.05, 3.63) is 48.2 Å². The fourth-order valence-electron chi connectivity index (χ4n) is 1.69. The van der Waals surface area contributed by atoms with Gasteiger partial charge < -0.3 is 9.84 Å². The van der Waals surface area contributed by atoms with Gasteiger partial charge in [0.1, 0.15) is 5.82 Å². The summed E-state index contributed by atoms with van der Waals surface area (Å²) in [5.74, 6) is -0.0653. The molecule has 0 saturated heterocycles. The number of aliphatic hydroxyl groups is 1. The zero-order valence-corrected chi connectivity index (χ0v) is 11.1. The topological polar surface area (TPSA) is 55.2 Å². The van der Waals surface area contributed by atoms with Crippen molar-refractivity contribution in [2.75, 3.05) is 13.7 Å². The van der Waals surface area contributed by atoms with Crippen LogP contribution in [0.2, 0.25) is 0 Å². The largest absolute Gasteiger partial charge is 0.481 e. The first-order valence-corrected chi connectivity index (χ1v) is 6.18. The van der Waals surface area contributed by atoms with Crippen molar-refractivity contribution >= 4 is 6.08 Å². The summed E-state index contributed by atoms with van der Waals surface area (Å²) in [5.41, 5.74) is 1.81. The smallest absolute Gasteiger partial charge is 0.213 e. The van der Waals surface area contributed by atoms with Gasteiger partial charge in [0, 0.05) is 30.0 Å². The van der Waals surface area contributed by atoms with Crippen molar-refractivity contribution in [1.29, 1.82) is 0 Å². The monoisotopic (exact) mass is 274 g/mol. The van der Waals surface area contributed by atoms with Gasteiger partial charge in [0.25, 0.3) is 0 Å². The first kappa shape index (κ1) is 14.1. The van der Waals surface area contributed by atoms with Gasteiger partial charge in [-0.05, 0) is 18.6 Å². The Balaban J connectivity index is 2.25. The number of ether oxygens (including phenoxy) is 1. The minimum atomic E-state index is -0.420. The van der Waals surface area contributed by atoms with Crippen molar-refractivity contribution in [3.8, 4) is 17.0 Å². The SMILES string of the molecule is COc1cc(-c2ccc(C=CCCO)nc2)c(F)cn1. The molecule has 0 saturated carbocycles. The van der Waals surface area contributed by atoms with Gasteiger partial charge in [0.05, 0.1) is 19.0 Å². The quantitative estimate of drug-likeness (QED) is 0.910. The lowest BCUT2D eigenvalue weighted by atomic mass is 10.1. The molecule has 20 heavy (non-hydrogen) atoms. The molecule has 0 atom stereocenters. The van der Waals surface area contributed by atoms with E-state index in [9.17, 15) is 4.39 Å². The van der Waals surface area contributed by atoms with Gasteiger partial charge >= 0.3 is 0 Å². The molecule has 2 heterocycles. The number of hydrogen-bond acceptors (Lipinski definition) is 4. The van der Waals surface area contributed by atoms with Gasteiger partial charge in [-0.2, -0.15) is 0 Å². The van der Waals surface area contributed by atoms with Crippen LogP contribution < -0.4 is 4.74 Å². The van der Waals surface area contributed by atoms with E-state index in [2.05, 4.69) is 9.97 Å². The number of methoxy groups -OCH3 is 1. The molecule has 2 aromatic heterocycles. The molecule has 0 aliphatic heterocycles. The number of aliphatic hydroxyl groups excluding tert-OH is 1. The van der Waals surface area contributed by atoms with Crippen molar-refractivity contribution in [1.82, 2.24) is 9.97 Å². The van der Waals surface area contributed by atoms with Crippen molar-refractivity contribution in [2.24, 2.45) is 0 Å².